The Bertz CT molecular complexity index is 820. The zero-order chi connectivity index (χ0) is 17.1. The van der Waals surface area contributed by atoms with Gasteiger partial charge in [-0.3, -0.25) is 0 Å². The van der Waals surface area contributed by atoms with Crippen LogP contribution in [0.2, 0.25) is 0 Å². The molecule has 0 aliphatic rings. The van der Waals surface area contributed by atoms with Crippen molar-refractivity contribution >= 4 is 11.4 Å². The Hall–Kier alpha value is -2.74. The highest BCUT2D eigenvalue weighted by atomic mass is 16.5. The quantitative estimate of drug-likeness (QED) is 0.570. The molecular formula is C22H23NO. The number of nitrogens with zero attached hydrogens (tertiary/aromatic N) is 1. The van der Waals surface area contributed by atoms with E-state index in [1.54, 1.807) is 0 Å². The van der Waals surface area contributed by atoms with Gasteiger partial charge in [-0.25, -0.2) is 0 Å². The number of hydrogen-bond donors (Lipinski definition) is 0. The van der Waals surface area contributed by atoms with Crippen molar-refractivity contribution in [1.29, 1.82) is 0 Å². The molecule has 122 valence electrons. The Morgan fingerprint density at radius 2 is 1.21 bits per heavy atom. The molecule has 0 fully saturated rings. The lowest BCUT2D eigenvalue weighted by molar-refractivity contribution is 0.482. The molecule has 0 spiro atoms. The summed E-state index contributed by atoms with van der Waals surface area (Å²) in [5.74, 6) is 1.70. The smallest absolute Gasteiger partial charge is 0.127 e. The van der Waals surface area contributed by atoms with E-state index in [4.69, 9.17) is 4.74 Å². The van der Waals surface area contributed by atoms with Crippen LogP contribution in [0, 0.1) is 20.8 Å². The first-order chi connectivity index (χ1) is 11.5. The second-order valence-electron chi connectivity index (χ2n) is 6.26. The molecule has 2 heteroatoms. The van der Waals surface area contributed by atoms with Crippen molar-refractivity contribution in [3.63, 3.8) is 0 Å². The van der Waals surface area contributed by atoms with E-state index in [1.807, 2.05) is 24.3 Å². The monoisotopic (exact) mass is 317 g/mol. The van der Waals surface area contributed by atoms with Gasteiger partial charge in [0.15, 0.2) is 0 Å². The molecular weight excluding hydrogens is 294 g/mol. The lowest BCUT2D eigenvalue weighted by Crippen LogP contribution is -2.10. The lowest BCUT2D eigenvalue weighted by atomic mass is 10.1. The summed E-state index contributed by atoms with van der Waals surface area (Å²) in [4.78, 5) is 2.20. The molecule has 0 saturated carbocycles. The van der Waals surface area contributed by atoms with Crippen LogP contribution < -0.4 is 9.64 Å². The van der Waals surface area contributed by atoms with E-state index in [1.165, 1.54) is 22.4 Å². The molecule has 0 bridgehead atoms. The molecule has 3 aromatic rings. The van der Waals surface area contributed by atoms with Crippen LogP contribution in [0.1, 0.15) is 16.7 Å². The fourth-order valence-corrected chi connectivity index (χ4v) is 2.80. The van der Waals surface area contributed by atoms with Gasteiger partial charge in [0.2, 0.25) is 0 Å². The zero-order valence-electron chi connectivity index (χ0n) is 14.7. The van der Waals surface area contributed by atoms with E-state index in [-0.39, 0.29) is 0 Å². The minimum Gasteiger partial charge on any atom is -0.457 e. The molecule has 3 aromatic carbocycles. The second-order valence-corrected chi connectivity index (χ2v) is 6.26. The topological polar surface area (TPSA) is 12.5 Å². The first-order valence-corrected chi connectivity index (χ1v) is 8.18. The SMILES string of the molecule is Cc1ccc(Oc2ccc(N(C)c3ccc(C)cc3C)cc2)cc1. The largest absolute Gasteiger partial charge is 0.457 e. The van der Waals surface area contributed by atoms with Gasteiger partial charge in [-0.05, 0) is 68.8 Å². The molecule has 0 heterocycles. The minimum atomic E-state index is 0.844. The minimum absolute atomic E-state index is 0.844. The summed E-state index contributed by atoms with van der Waals surface area (Å²) in [6.07, 6.45) is 0. The summed E-state index contributed by atoms with van der Waals surface area (Å²) in [5, 5.41) is 0. The first kappa shape index (κ1) is 16.1. The van der Waals surface area contributed by atoms with Gasteiger partial charge in [-0.2, -0.15) is 0 Å². The number of hydrogen-bond acceptors (Lipinski definition) is 2. The van der Waals surface area contributed by atoms with Crippen molar-refractivity contribution in [1.82, 2.24) is 0 Å². The normalized spacial score (nSPS) is 10.5. The van der Waals surface area contributed by atoms with Crippen molar-refractivity contribution in [2.45, 2.75) is 20.8 Å². The molecule has 0 saturated heterocycles. The maximum atomic E-state index is 5.89. The zero-order valence-corrected chi connectivity index (χ0v) is 14.7. The van der Waals surface area contributed by atoms with Gasteiger partial charge in [0.1, 0.15) is 11.5 Å². The third kappa shape index (κ3) is 3.60. The van der Waals surface area contributed by atoms with Gasteiger partial charge in [0.25, 0.3) is 0 Å². The molecule has 0 amide bonds. The van der Waals surface area contributed by atoms with Crippen molar-refractivity contribution in [2.24, 2.45) is 0 Å². The highest BCUT2D eigenvalue weighted by Gasteiger charge is 2.07. The molecule has 0 N–H and O–H groups in total. The number of benzene rings is 3. The van der Waals surface area contributed by atoms with Gasteiger partial charge in [0.05, 0.1) is 0 Å². The van der Waals surface area contributed by atoms with Crippen molar-refractivity contribution in [2.75, 3.05) is 11.9 Å². The van der Waals surface area contributed by atoms with E-state index in [2.05, 4.69) is 75.2 Å². The summed E-state index contributed by atoms with van der Waals surface area (Å²) >= 11 is 0. The lowest BCUT2D eigenvalue weighted by Gasteiger charge is -2.22. The average Bonchev–Trinajstić information content (AvgIpc) is 2.57. The van der Waals surface area contributed by atoms with Crippen molar-refractivity contribution < 1.29 is 4.74 Å². The van der Waals surface area contributed by atoms with Crippen molar-refractivity contribution in [3.8, 4) is 11.5 Å². The summed E-state index contributed by atoms with van der Waals surface area (Å²) in [5.41, 5.74) is 6.14. The first-order valence-electron chi connectivity index (χ1n) is 8.18. The van der Waals surface area contributed by atoms with Gasteiger partial charge < -0.3 is 9.64 Å². The molecule has 0 aromatic heterocycles. The Morgan fingerprint density at radius 3 is 1.79 bits per heavy atom. The number of ether oxygens (including phenoxy) is 1. The number of aryl methyl sites for hydroxylation is 3. The molecule has 0 aliphatic heterocycles. The standard InChI is InChI=1S/C22H23NO/c1-16-5-10-20(11-6-16)24-21-12-8-19(9-13-21)23(4)22-14-7-17(2)15-18(22)3/h5-15H,1-4H3. The molecule has 0 atom stereocenters. The molecule has 24 heavy (non-hydrogen) atoms. The van der Waals surface area contributed by atoms with Crippen LogP contribution in [0.5, 0.6) is 11.5 Å². The summed E-state index contributed by atoms with van der Waals surface area (Å²) in [6.45, 7) is 6.34. The van der Waals surface area contributed by atoms with Crippen LogP contribution in [0.15, 0.2) is 66.7 Å². The Balaban J connectivity index is 1.77. The van der Waals surface area contributed by atoms with E-state index in [0.717, 1.165) is 17.2 Å². The van der Waals surface area contributed by atoms with Gasteiger partial charge in [-0.15, -0.1) is 0 Å². The predicted molar refractivity (Wildman–Crippen MR) is 102 cm³/mol. The van der Waals surface area contributed by atoms with Crippen LogP contribution in [0.25, 0.3) is 0 Å². The molecule has 2 nitrogen and oxygen atoms in total. The molecule has 3 rings (SSSR count). The van der Waals surface area contributed by atoms with Crippen LogP contribution in [-0.4, -0.2) is 7.05 Å². The summed E-state index contributed by atoms with van der Waals surface area (Å²) in [7, 11) is 2.09. The predicted octanol–water partition coefficient (Wildman–Crippen LogP) is 6.17. The molecule has 0 radical (unpaired) electrons. The number of rotatable bonds is 4. The summed E-state index contributed by atoms with van der Waals surface area (Å²) in [6, 6.07) is 22.8. The Labute approximate surface area is 144 Å². The summed E-state index contributed by atoms with van der Waals surface area (Å²) < 4.78 is 5.89. The van der Waals surface area contributed by atoms with Crippen LogP contribution >= 0.6 is 0 Å². The van der Waals surface area contributed by atoms with E-state index >= 15 is 0 Å². The number of anilines is 2. The maximum absolute atomic E-state index is 5.89. The van der Waals surface area contributed by atoms with E-state index in [9.17, 15) is 0 Å². The highest BCUT2D eigenvalue weighted by molar-refractivity contribution is 5.66. The van der Waals surface area contributed by atoms with E-state index in [0.29, 0.717) is 0 Å². The highest BCUT2D eigenvalue weighted by Crippen LogP contribution is 2.30. The van der Waals surface area contributed by atoms with Gasteiger partial charge in [-0.1, -0.05) is 35.4 Å². The van der Waals surface area contributed by atoms with Crippen LogP contribution in [-0.2, 0) is 0 Å². The second kappa shape index (κ2) is 6.79. The van der Waals surface area contributed by atoms with Crippen LogP contribution in [0.4, 0.5) is 11.4 Å². The van der Waals surface area contributed by atoms with Gasteiger partial charge in [0, 0.05) is 18.4 Å². The maximum Gasteiger partial charge on any atom is 0.127 e. The average molecular weight is 317 g/mol. The third-order valence-corrected chi connectivity index (χ3v) is 4.19. The molecule has 0 unspecified atom stereocenters. The van der Waals surface area contributed by atoms with E-state index < -0.39 is 0 Å². The molecule has 0 aliphatic carbocycles. The fourth-order valence-electron chi connectivity index (χ4n) is 2.80. The van der Waals surface area contributed by atoms with Crippen LogP contribution in [0.3, 0.4) is 0 Å². The van der Waals surface area contributed by atoms with Gasteiger partial charge >= 0.3 is 0 Å². The third-order valence-electron chi connectivity index (χ3n) is 4.19. The van der Waals surface area contributed by atoms with Crippen molar-refractivity contribution in [3.05, 3.63) is 83.4 Å². The fraction of sp³-hybridized carbons (Fsp3) is 0.182. The Kier molecular flexibility index (Phi) is 4.57. The Morgan fingerprint density at radius 1 is 0.667 bits per heavy atom.